The van der Waals surface area contributed by atoms with Gasteiger partial charge in [-0.2, -0.15) is 0 Å². The van der Waals surface area contributed by atoms with E-state index in [1.54, 1.807) is 0 Å². The largest absolute Gasteiger partial charge is 0.481 e. The highest BCUT2D eigenvalue weighted by Gasteiger charge is 2.38. The molecule has 2 heterocycles. The van der Waals surface area contributed by atoms with Crippen LogP contribution < -0.4 is 0 Å². The molecule has 6 heteroatoms. The number of morpholine rings is 1. The Kier molecular flexibility index (Phi) is 4.55. The molecule has 0 amide bonds. The van der Waals surface area contributed by atoms with Crippen LogP contribution in [0.4, 0.5) is 0 Å². The lowest BCUT2D eigenvalue weighted by molar-refractivity contribution is -0.166. The molecule has 0 bridgehead atoms. The number of hydrogen-bond donors (Lipinski definition) is 1. The van der Waals surface area contributed by atoms with Crippen LogP contribution in [0, 0.1) is 0 Å². The van der Waals surface area contributed by atoms with E-state index in [-0.39, 0.29) is 12.5 Å². The van der Waals surface area contributed by atoms with Crippen molar-refractivity contribution >= 4 is 5.97 Å². The smallest absolute Gasteiger partial charge is 0.306 e. The van der Waals surface area contributed by atoms with Crippen molar-refractivity contribution in [3.8, 4) is 0 Å². The van der Waals surface area contributed by atoms with Gasteiger partial charge in [0.2, 0.25) is 0 Å². The van der Waals surface area contributed by atoms with Gasteiger partial charge in [-0.25, -0.2) is 0 Å². The van der Waals surface area contributed by atoms with Gasteiger partial charge in [-0.15, -0.1) is 0 Å². The predicted octanol–water partition coefficient (Wildman–Crippen LogP) is 0.315. The highest BCUT2D eigenvalue weighted by Crippen LogP contribution is 2.28. The van der Waals surface area contributed by atoms with E-state index in [0.29, 0.717) is 6.61 Å². The normalized spacial score (nSPS) is 33.7. The molecule has 2 aliphatic heterocycles. The lowest BCUT2D eigenvalue weighted by Crippen LogP contribution is -2.40. The van der Waals surface area contributed by atoms with Crippen LogP contribution in [-0.4, -0.2) is 67.3 Å². The van der Waals surface area contributed by atoms with E-state index in [1.807, 2.05) is 6.92 Å². The van der Waals surface area contributed by atoms with Crippen molar-refractivity contribution in [2.75, 3.05) is 39.5 Å². The molecule has 0 radical (unpaired) electrons. The minimum absolute atomic E-state index is 0.00709. The fourth-order valence-electron chi connectivity index (χ4n) is 2.30. The van der Waals surface area contributed by atoms with Crippen molar-refractivity contribution in [1.82, 2.24) is 4.90 Å². The Labute approximate surface area is 107 Å². The first-order chi connectivity index (χ1) is 8.57. The molecule has 0 aromatic carbocycles. The van der Waals surface area contributed by atoms with E-state index < -0.39 is 11.8 Å². The van der Waals surface area contributed by atoms with Crippen molar-refractivity contribution < 1.29 is 24.1 Å². The third-order valence-electron chi connectivity index (χ3n) is 3.38. The molecule has 2 saturated heterocycles. The van der Waals surface area contributed by atoms with E-state index in [1.165, 1.54) is 0 Å². The van der Waals surface area contributed by atoms with Crippen LogP contribution in [-0.2, 0) is 19.0 Å². The number of carbonyl (C=O) groups is 1. The Morgan fingerprint density at radius 2 is 2.17 bits per heavy atom. The summed E-state index contributed by atoms with van der Waals surface area (Å²) in [5.74, 6) is -1.49. The van der Waals surface area contributed by atoms with E-state index in [0.717, 1.165) is 39.3 Å². The minimum atomic E-state index is -0.846. The van der Waals surface area contributed by atoms with Gasteiger partial charge in [0.05, 0.1) is 32.3 Å². The Hall–Kier alpha value is -0.690. The molecule has 0 aliphatic carbocycles. The molecule has 18 heavy (non-hydrogen) atoms. The van der Waals surface area contributed by atoms with Gasteiger partial charge in [0.15, 0.2) is 5.79 Å². The Morgan fingerprint density at radius 1 is 1.44 bits per heavy atom. The highest BCUT2D eigenvalue weighted by molar-refractivity contribution is 5.67. The molecule has 2 rings (SSSR count). The summed E-state index contributed by atoms with van der Waals surface area (Å²) in [6, 6.07) is 0. The summed E-state index contributed by atoms with van der Waals surface area (Å²) in [4.78, 5) is 12.9. The van der Waals surface area contributed by atoms with Gasteiger partial charge in [0.1, 0.15) is 0 Å². The summed E-state index contributed by atoms with van der Waals surface area (Å²) in [5.41, 5.74) is 0. The summed E-state index contributed by atoms with van der Waals surface area (Å²) in [6.45, 7) is 6.57. The summed E-state index contributed by atoms with van der Waals surface area (Å²) >= 11 is 0. The van der Waals surface area contributed by atoms with Crippen molar-refractivity contribution in [1.29, 1.82) is 0 Å². The van der Waals surface area contributed by atoms with Crippen LogP contribution in [0.2, 0.25) is 0 Å². The van der Waals surface area contributed by atoms with Gasteiger partial charge in [0.25, 0.3) is 0 Å². The third kappa shape index (κ3) is 3.91. The maximum atomic E-state index is 10.6. The average molecular weight is 259 g/mol. The van der Waals surface area contributed by atoms with E-state index in [2.05, 4.69) is 4.90 Å². The SMILES string of the molecule is CC1(CCN2CCOCC2)OCC(CC(=O)O)O1. The average Bonchev–Trinajstić information content (AvgIpc) is 2.70. The molecular formula is C12H21NO5. The molecule has 2 atom stereocenters. The molecule has 0 saturated carbocycles. The number of carboxylic acid groups (broad SMARTS) is 1. The van der Waals surface area contributed by atoms with Crippen LogP contribution in [0.3, 0.4) is 0 Å². The van der Waals surface area contributed by atoms with Crippen LogP contribution >= 0.6 is 0 Å². The lowest BCUT2D eigenvalue weighted by Gasteiger charge is -2.30. The van der Waals surface area contributed by atoms with E-state index in [9.17, 15) is 4.79 Å². The molecule has 104 valence electrons. The van der Waals surface area contributed by atoms with Crippen LogP contribution in [0.5, 0.6) is 0 Å². The number of hydrogen-bond acceptors (Lipinski definition) is 5. The Morgan fingerprint density at radius 3 is 2.83 bits per heavy atom. The minimum Gasteiger partial charge on any atom is -0.481 e. The third-order valence-corrected chi connectivity index (χ3v) is 3.38. The van der Waals surface area contributed by atoms with E-state index in [4.69, 9.17) is 19.3 Å². The van der Waals surface area contributed by atoms with Gasteiger partial charge in [-0.3, -0.25) is 9.69 Å². The molecule has 6 nitrogen and oxygen atoms in total. The standard InChI is InChI=1S/C12H21NO5/c1-12(2-3-13-4-6-16-7-5-13)17-9-10(18-12)8-11(14)15/h10H,2-9H2,1H3,(H,14,15). The first-order valence-electron chi connectivity index (χ1n) is 6.41. The zero-order chi connectivity index (χ0) is 13.0. The summed E-state index contributed by atoms with van der Waals surface area (Å²) in [5, 5.41) is 8.72. The lowest BCUT2D eigenvalue weighted by atomic mass is 10.2. The fourth-order valence-corrected chi connectivity index (χ4v) is 2.30. The van der Waals surface area contributed by atoms with Crippen LogP contribution in [0.15, 0.2) is 0 Å². The van der Waals surface area contributed by atoms with Crippen molar-refractivity contribution in [3.05, 3.63) is 0 Å². The first kappa shape index (κ1) is 13.7. The predicted molar refractivity (Wildman–Crippen MR) is 63.4 cm³/mol. The second kappa shape index (κ2) is 5.97. The van der Waals surface area contributed by atoms with Gasteiger partial charge < -0.3 is 19.3 Å². The van der Waals surface area contributed by atoms with Gasteiger partial charge >= 0.3 is 5.97 Å². The summed E-state index contributed by atoms with van der Waals surface area (Å²) in [6.07, 6.45) is 0.438. The Balaban J connectivity index is 1.73. The first-order valence-corrected chi connectivity index (χ1v) is 6.41. The summed E-state index contributed by atoms with van der Waals surface area (Å²) < 4.78 is 16.6. The number of nitrogens with zero attached hydrogens (tertiary/aromatic N) is 1. The Bertz CT molecular complexity index is 292. The maximum Gasteiger partial charge on any atom is 0.306 e. The second-order valence-electron chi connectivity index (χ2n) is 4.99. The van der Waals surface area contributed by atoms with Crippen molar-refractivity contribution in [2.24, 2.45) is 0 Å². The molecule has 0 spiro atoms. The second-order valence-corrected chi connectivity index (χ2v) is 4.99. The molecular weight excluding hydrogens is 238 g/mol. The quantitative estimate of drug-likeness (QED) is 0.766. The topological polar surface area (TPSA) is 68.2 Å². The number of rotatable bonds is 5. The molecule has 0 aromatic heterocycles. The zero-order valence-electron chi connectivity index (χ0n) is 10.8. The number of aliphatic carboxylic acids is 1. The van der Waals surface area contributed by atoms with E-state index >= 15 is 0 Å². The molecule has 1 N–H and O–H groups in total. The number of ether oxygens (including phenoxy) is 3. The van der Waals surface area contributed by atoms with Gasteiger partial charge in [0, 0.05) is 26.1 Å². The number of carboxylic acids is 1. The fraction of sp³-hybridized carbons (Fsp3) is 0.917. The van der Waals surface area contributed by atoms with Gasteiger partial charge in [-0.1, -0.05) is 0 Å². The van der Waals surface area contributed by atoms with Crippen molar-refractivity contribution in [2.45, 2.75) is 31.7 Å². The zero-order valence-corrected chi connectivity index (χ0v) is 10.8. The molecule has 0 aromatic rings. The monoisotopic (exact) mass is 259 g/mol. The highest BCUT2D eigenvalue weighted by atomic mass is 16.7. The molecule has 2 aliphatic rings. The molecule has 2 unspecified atom stereocenters. The van der Waals surface area contributed by atoms with Crippen LogP contribution in [0.1, 0.15) is 19.8 Å². The summed E-state index contributed by atoms with van der Waals surface area (Å²) in [7, 11) is 0. The molecule has 2 fully saturated rings. The maximum absolute atomic E-state index is 10.6. The van der Waals surface area contributed by atoms with Gasteiger partial charge in [-0.05, 0) is 6.92 Å². The van der Waals surface area contributed by atoms with Crippen LogP contribution in [0.25, 0.3) is 0 Å². The van der Waals surface area contributed by atoms with Crippen molar-refractivity contribution in [3.63, 3.8) is 0 Å².